The molecule has 0 radical (unpaired) electrons. The van der Waals surface area contributed by atoms with Crippen LogP contribution in [-0.4, -0.2) is 37.0 Å². The van der Waals surface area contributed by atoms with Crippen molar-refractivity contribution >= 4 is 17.5 Å². The van der Waals surface area contributed by atoms with Gasteiger partial charge in [0.05, 0.1) is 13.5 Å². The molecule has 104 valence electrons. The Morgan fingerprint density at radius 1 is 1.58 bits per heavy atom. The molecule has 1 fully saturated rings. The quantitative estimate of drug-likeness (QED) is 0.917. The van der Waals surface area contributed by atoms with Crippen LogP contribution >= 0.6 is 11.6 Å². The van der Waals surface area contributed by atoms with Crippen LogP contribution in [0.3, 0.4) is 0 Å². The number of hydrogen-bond donors (Lipinski definition) is 1. The van der Waals surface area contributed by atoms with E-state index in [4.69, 9.17) is 22.1 Å². The normalized spacial score (nSPS) is 18.7. The second kappa shape index (κ2) is 6.26. The van der Waals surface area contributed by atoms with Crippen LogP contribution in [0.25, 0.3) is 0 Å². The molecule has 1 heterocycles. The van der Waals surface area contributed by atoms with Crippen molar-refractivity contribution in [3.8, 4) is 5.75 Å². The fourth-order valence-corrected chi connectivity index (χ4v) is 2.75. The van der Waals surface area contributed by atoms with Crippen LogP contribution in [-0.2, 0) is 11.2 Å². The van der Waals surface area contributed by atoms with E-state index >= 15 is 0 Å². The first kappa shape index (κ1) is 14.2. The van der Waals surface area contributed by atoms with Crippen molar-refractivity contribution < 1.29 is 9.53 Å². The fourth-order valence-electron chi connectivity index (χ4n) is 2.56. The lowest BCUT2D eigenvalue weighted by atomic mass is 10.1. The van der Waals surface area contributed by atoms with E-state index in [-0.39, 0.29) is 11.9 Å². The SMILES string of the molecule is COc1ccc(Cl)cc1CC(=O)N1CCC[C@H]1CN. The monoisotopic (exact) mass is 282 g/mol. The first-order chi connectivity index (χ1) is 9.15. The van der Waals surface area contributed by atoms with Crippen LogP contribution in [0.4, 0.5) is 0 Å². The van der Waals surface area contributed by atoms with E-state index in [1.807, 2.05) is 4.90 Å². The molecule has 1 aliphatic heterocycles. The number of rotatable bonds is 4. The summed E-state index contributed by atoms with van der Waals surface area (Å²) in [5.41, 5.74) is 6.52. The summed E-state index contributed by atoms with van der Waals surface area (Å²) in [6.07, 6.45) is 2.33. The number of likely N-dealkylation sites (tertiary alicyclic amines) is 1. The van der Waals surface area contributed by atoms with Crippen LogP contribution in [0, 0.1) is 0 Å². The van der Waals surface area contributed by atoms with Gasteiger partial charge in [-0.1, -0.05) is 11.6 Å². The fraction of sp³-hybridized carbons (Fsp3) is 0.500. The molecule has 0 saturated carbocycles. The molecular formula is C14H19ClN2O2. The Bertz CT molecular complexity index is 465. The van der Waals surface area contributed by atoms with Crippen molar-refractivity contribution in [2.45, 2.75) is 25.3 Å². The zero-order valence-electron chi connectivity index (χ0n) is 11.1. The van der Waals surface area contributed by atoms with Crippen LogP contribution in [0.1, 0.15) is 18.4 Å². The lowest BCUT2D eigenvalue weighted by molar-refractivity contribution is -0.131. The molecular weight excluding hydrogens is 264 g/mol. The van der Waals surface area contributed by atoms with Gasteiger partial charge >= 0.3 is 0 Å². The van der Waals surface area contributed by atoms with Gasteiger partial charge in [0.2, 0.25) is 5.91 Å². The molecule has 5 heteroatoms. The van der Waals surface area contributed by atoms with Gasteiger partial charge in [-0.05, 0) is 31.0 Å². The summed E-state index contributed by atoms with van der Waals surface area (Å²) in [6, 6.07) is 5.51. The maximum absolute atomic E-state index is 12.3. The van der Waals surface area contributed by atoms with Crippen molar-refractivity contribution in [1.29, 1.82) is 0 Å². The van der Waals surface area contributed by atoms with E-state index in [1.54, 1.807) is 25.3 Å². The van der Waals surface area contributed by atoms with Gasteiger partial charge in [0.25, 0.3) is 0 Å². The molecule has 2 rings (SSSR count). The molecule has 1 amide bonds. The summed E-state index contributed by atoms with van der Waals surface area (Å²) < 4.78 is 5.26. The number of carbonyl (C=O) groups excluding carboxylic acids is 1. The van der Waals surface area contributed by atoms with Gasteiger partial charge < -0.3 is 15.4 Å². The Morgan fingerprint density at radius 2 is 2.37 bits per heavy atom. The zero-order valence-corrected chi connectivity index (χ0v) is 11.8. The first-order valence-electron chi connectivity index (χ1n) is 6.47. The molecule has 4 nitrogen and oxygen atoms in total. The molecule has 0 spiro atoms. The van der Waals surface area contributed by atoms with Crippen molar-refractivity contribution in [3.63, 3.8) is 0 Å². The number of nitrogens with two attached hydrogens (primary N) is 1. The van der Waals surface area contributed by atoms with Gasteiger partial charge in [-0.3, -0.25) is 4.79 Å². The van der Waals surface area contributed by atoms with Gasteiger partial charge in [-0.2, -0.15) is 0 Å². The maximum Gasteiger partial charge on any atom is 0.227 e. The number of amides is 1. The lowest BCUT2D eigenvalue weighted by Gasteiger charge is -2.23. The minimum atomic E-state index is 0.0912. The molecule has 0 aliphatic carbocycles. The summed E-state index contributed by atoms with van der Waals surface area (Å²) in [7, 11) is 1.59. The molecule has 1 aromatic rings. The van der Waals surface area contributed by atoms with Crippen LogP contribution < -0.4 is 10.5 Å². The third-order valence-electron chi connectivity index (χ3n) is 3.55. The molecule has 0 aromatic heterocycles. The molecule has 19 heavy (non-hydrogen) atoms. The second-order valence-electron chi connectivity index (χ2n) is 4.75. The molecule has 2 N–H and O–H groups in total. The smallest absolute Gasteiger partial charge is 0.227 e. The van der Waals surface area contributed by atoms with Gasteiger partial charge in [-0.25, -0.2) is 0 Å². The number of halogens is 1. The predicted octanol–water partition coefficient (Wildman–Crippen LogP) is 1.84. The van der Waals surface area contributed by atoms with Crippen LogP contribution in [0.2, 0.25) is 5.02 Å². The van der Waals surface area contributed by atoms with Crippen molar-refractivity contribution in [3.05, 3.63) is 28.8 Å². The Kier molecular flexibility index (Phi) is 4.66. The molecule has 1 atom stereocenters. The zero-order chi connectivity index (χ0) is 13.8. The van der Waals surface area contributed by atoms with Gasteiger partial charge in [0.1, 0.15) is 5.75 Å². The van der Waals surface area contributed by atoms with E-state index in [2.05, 4.69) is 0 Å². The highest BCUT2D eigenvalue weighted by molar-refractivity contribution is 6.30. The number of benzene rings is 1. The lowest BCUT2D eigenvalue weighted by Crippen LogP contribution is -2.40. The first-order valence-corrected chi connectivity index (χ1v) is 6.85. The number of nitrogens with zero attached hydrogens (tertiary/aromatic N) is 1. The highest BCUT2D eigenvalue weighted by atomic mass is 35.5. The molecule has 1 aliphatic rings. The average Bonchev–Trinajstić information content (AvgIpc) is 2.87. The van der Waals surface area contributed by atoms with Crippen molar-refractivity contribution in [2.24, 2.45) is 5.73 Å². The third kappa shape index (κ3) is 3.19. The number of ether oxygens (including phenoxy) is 1. The molecule has 0 bridgehead atoms. The molecule has 1 aromatic carbocycles. The summed E-state index contributed by atoms with van der Waals surface area (Å²) in [4.78, 5) is 14.2. The molecule has 0 unspecified atom stereocenters. The Hall–Kier alpha value is -1.26. The minimum absolute atomic E-state index is 0.0912. The largest absolute Gasteiger partial charge is 0.496 e. The summed E-state index contributed by atoms with van der Waals surface area (Å²) in [5, 5.41) is 0.611. The van der Waals surface area contributed by atoms with E-state index in [0.717, 1.165) is 24.9 Å². The molecule has 1 saturated heterocycles. The van der Waals surface area contributed by atoms with Crippen LogP contribution in [0.5, 0.6) is 5.75 Å². The third-order valence-corrected chi connectivity index (χ3v) is 3.79. The van der Waals surface area contributed by atoms with Gasteiger partial charge in [0, 0.05) is 29.7 Å². The van der Waals surface area contributed by atoms with E-state index < -0.39 is 0 Å². The van der Waals surface area contributed by atoms with E-state index in [1.165, 1.54) is 0 Å². The van der Waals surface area contributed by atoms with Crippen molar-refractivity contribution in [2.75, 3.05) is 20.2 Å². The summed E-state index contributed by atoms with van der Waals surface area (Å²) in [6.45, 7) is 1.32. The standard InChI is InChI=1S/C14H19ClN2O2/c1-19-13-5-4-11(15)7-10(13)8-14(18)17-6-2-3-12(17)9-16/h4-5,7,12H,2-3,6,8-9,16H2,1H3/t12-/m0/s1. The second-order valence-corrected chi connectivity index (χ2v) is 5.19. The number of methoxy groups -OCH3 is 1. The van der Waals surface area contributed by atoms with Gasteiger partial charge in [0.15, 0.2) is 0 Å². The van der Waals surface area contributed by atoms with E-state index in [0.29, 0.717) is 23.7 Å². The maximum atomic E-state index is 12.3. The summed E-state index contributed by atoms with van der Waals surface area (Å²) >= 11 is 5.97. The topological polar surface area (TPSA) is 55.6 Å². The highest BCUT2D eigenvalue weighted by Crippen LogP contribution is 2.25. The Labute approximate surface area is 118 Å². The van der Waals surface area contributed by atoms with Gasteiger partial charge in [-0.15, -0.1) is 0 Å². The Balaban J connectivity index is 2.12. The Morgan fingerprint density at radius 3 is 3.05 bits per heavy atom. The predicted molar refractivity (Wildman–Crippen MR) is 75.5 cm³/mol. The van der Waals surface area contributed by atoms with Crippen molar-refractivity contribution in [1.82, 2.24) is 4.90 Å². The number of hydrogen-bond acceptors (Lipinski definition) is 3. The van der Waals surface area contributed by atoms with E-state index in [9.17, 15) is 4.79 Å². The summed E-state index contributed by atoms with van der Waals surface area (Å²) in [5.74, 6) is 0.787. The highest BCUT2D eigenvalue weighted by Gasteiger charge is 2.27. The number of carbonyl (C=O) groups is 1. The average molecular weight is 283 g/mol. The van der Waals surface area contributed by atoms with Crippen LogP contribution in [0.15, 0.2) is 18.2 Å². The minimum Gasteiger partial charge on any atom is -0.496 e.